The highest BCUT2D eigenvalue weighted by Gasteiger charge is 2.20. The minimum Gasteiger partial charge on any atom is -0.332 e. The fourth-order valence-corrected chi connectivity index (χ4v) is 2.57. The molecule has 130 valence electrons. The van der Waals surface area contributed by atoms with Crippen LogP contribution in [-0.4, -0.2) is 25.1 Å². The van der Waals surface area contributed by atoms with E-state index >= 15 is 0 Å². The Bertz CT molecular complexity index is 1090. The molecule has 2 aromatic carbocycles. The number of nitrogens with zero attached hydrogens (tertiary/aromatic N) is 5. The molecule has 9 heteroatoms. The minimum atomic E-state index is -0.753. The first-order valence-corrected chi connectivity index (χ1v) is 7.88. The van der Waals surface area contributed by atoms with Crippen molar-refractivity contribution in [1.29, 1.82) is 0 Å². The lowest BCUT2D eigenvalue weighted by Crippen LogP contribution is -2.02. The number of benzene rings is 2. The summed E-state index contributed by atoms with van der Waals surface area (Å²) < 4.78 is 33.6. The fourth-order valence-electron chi connectivity index (χ4n) is 2.44. The van der Waals surface area contributed by atoms with E-state index in [2.05, 4.69) is 20.5 Å². The van der Waals surface area contributed by atoms with Gasteiger partial charge in [-0.25, -0.2) is 13.5 Å². The Morgan fingerprint density at radius 1 is 1.08 bits per heavy atom. The second-order valence-corrected chi connectivity index (χ2v) is 5.90. The smallest absolute Gasteiger partial charge is 0.280 e. The van der Waals surface area contributed by atoms with Crippen molar-refractivity contribution in [2.45, 2.75) is 6.92 Å². The van der Waals surface area contributed by atoms with E-state index in [1.54, 1.807) is 31.2 Å². The molecule has 0 unspecified atom stereocenters. The van der Waals surface area contributed by atoms with Crippen LogP contribution in [0.2, 0.25) is 5.02 Å². The maximum absolute atomic E-state index is 14.0. The highest BCUT2D eigenvalue weighted by atomic mass is 35.5. The van der Waals surface area contributed by atoms with Gasteiger partial charge in [-0.15, -0.1) is 5.10 Å². The molecule has 2 aromatic heterocycles. The topological polar surface area (TPSA) is 69.6 Å². The maximum Gasteiger partial charge on any atom is 0.280 e. The van der Waals surface area contributed by atoms with Gasteiger partial charge < -0.3 is 4.52 Å². The van der Waals surface area contributed by atoms with Gasteiger partial charge in [-0.1, -0.05) is 22.0 Å². The van der Waals surface area contributed by atoms with Crippen LogP contribution in [0.25, 0.3) is 28.7 Å². The maximum atomic E-state index is 14.0. The molecular weight excluding hydrogens is 364 g/mol. The van der Waals surface area contributed by atoms with Gasteiger partial charge in [0.05, 0.1) is 5.69 Å². The normalized spacial score (nSPS) is 11.1. The summed E-state index contributed by atoms with van der Waals surface area (Å²) >= 11 is 5.87. The third-order valence-corrected chi connectivity index (χ3v) is 4.02. The van der Waals surface area contributed by atoms with Gasteiger partial charge in [-0.3, -0.25) is 0 Å². The summed E-state index contributed by atoms with van der Waals surface area (Å²) in [7, 11) is 0. The van der Waals surface area contributed by atoms with Crippen molar-refractivity contribution in [2.24, 2.45) is 0 Å². The average molecular weight is 374 g/mol. The van der Waals surface area contributed by atoms with Crippen LogP contribution in [-0.2, 0) is 0 Å². The molecule has 6 nitrogen and oxygen atoms in total. The van der Waals surface area contributed by atoms with Crippen molar-refractivity contribution in [3.8, 4) is 28.7 Å². The highest BCUT2D eigenvalue weighted by Crippen LogP contribution is 2.25. The van der Waals surface area contributed by atoms with Gasteiger partial charge in [0, 0.05) is 16.7 Å². The quantitative estimate of drug-likeness (QED) is 0.537. The Balaban J connectivity index is 1.72. The van der Waals surface area contributed by atoms with Crippen LogP contribution in [0, 0.1) is 18.6 Å². The van der Waals surface area contributed by atoms with Gasteiger partial charge in [0.15, 0.2) is 11.5 Å². The van der Waals surface area contributed by atoms with Gasteiger partial charge in [-0.05, 0) is 43.3 Å². The lowest BCUT2D eigenvalue weighted by Gasteiger charge is -2.04. The van der Waals surface area contributed by atoms with Crippen LogP contribution >= 0.6 is 11.6 Å². The molecular formula is C17H10ClF2N5O. The van der Waals surface area contributed by atoms with Gasteiger partial charge in [0.1, 0.15) is 11.5 Å². The van der Waals surface area contributed by atoms with E-state index in [-0.39, 0.29) is 11.6 Å². The number of halogens is 3. The summed E-state index contributed by atoms with van der Waals surface area (Å²) in [4.78, 5) is 4.29. The van der Waals surface area contributed by atoms with Crippen LogP contribution in [0.4, 0.5) is 8.78 Å². The SMILES string of the molecule is Cc1c(-c2nc(-c3ccc(Cl)cc3)no2)nnn1-c1ccc(F)cc1F. The lowest BCUT2D eigenvalue weighted by molar-refractivity contribution is 0.430. The monoisotopic (exact) mass is 373 g/mol. The van der Waals surface area contributed by atoms with Crippen molar-refractivity contribution >= 4 is 11.6 Å². The molecule has 0 amide bonds. The molecule has 0 spiro atoms. The molecule has 0 aliphatic carbocycles. The van der Waals surface area contributed by atoms with Crippen LogP contribution in [0.5, 0.6) is 0 Å². The molecule has 2 heterocycles. The first kappa shape index (κ1) is 16.3. The zero-order valence-electron chi connectivity index (χ0n) is 13.3. The minimum absolute atomic E-state index is 0.0695. The highest BCUT2D eigenvalue weighted by molar-refractivity contribution is 6.30. The molecule has 26 heavy (non-hydrogen) atoms. The Labute approximate surface area is 151 Å². The Kier molecular flexibility index (Phi) is 3.96. The molecule has 0 saturated carbocycles. The van der Waals surface area contributed by atoms with Gasteiger partial charge in [0.2, 0.25) is 5.82 Å². The number of hydrogen-bond acceptors (Lipinski definition) is 5. The molecule has 4 rings (SSSR count). The second-order valence-electron chi connectivity index (χ2n) is 5.46. The largest absolute Gasteiger partial charge is 0.332 e. The lowest BCUT2D eigenvalue weighted by atomic mass is 10.2. The summed E-state index contributed by atoms with van der Waals surface area (Å²) in [6, 6.07) is 10.1. The van der Waals surface area contributed by atoms with Crippen LogP contribution < -0.4 is 0 Å². The van der Waals surface area contributed by atoms with Gasteiger partial charge in [0.25, 0.3) is 5.89 Å². The van der Waals surface area contributed by atoms with Crippen LogP contribution in [0.1, 0.15) is 5.69 Å². The predicted octanol–water partition coefficient (Wildman–Crippen LogP) is 4.22. The molecule has 4 aromatic rings. The van der Waals surface area contributed by atoms with Gasteiger partial charge in [-0.2, -0.15) is 4.98 Å². The first-order chi connectivity index (χ1) is 12.5. The molecule has 0 atom stereocenters. The molecule has 0 radical (unpaired) electrons. The molecule has 0 aliphatic rings. The first-order valence-electron chi connectivity index (χ1n) is 7.50. The standard InChI is InChI=1S/C17H10ClF2N5O/c1-9-15(22-24-25(9)14-7-6-12(19)8-13(14)20)17-21-16(23-26-17)10-2-4-11(18)5-3-10/h2-8H,1H3. The van der Waals surface area contributed by atoms with Crippen molar-refractivity contribution in [3.05, 3.63) is 64.8 Å². The van der Waals surface area contributed by atoms with Gasteiger partial charge >= 0.3 is 0 Å². The van der Waals surface area contributed by atoms with E-state index in [4.69, 9.17) is 16.1 Å². The fraction of sp³-hybridized carbons (Fsp3) is 0.0588. The molecule has 0 aliphatic heterocycles. The Morgan fingerprint density at radius 3 is 2.58 bits per heavy atom. The summed E-state index contributed by atoms with van der Waals surface area (Å²) in [6.45, 7) is 1.67. The van der Waals surface area contributed by atoms with Crippen molar-refractivity contribution in [1.82, 2.24) is 25.1 Å². The van der Waals surface area contributed by atoms with Crippen LogP contribution in [0.15, 0.2) is 47.0 Å². The van der Waals surface area contributed by atoms with E-state index in [0.29, 0.717) is 22.2 Å². The van der Waals surface area contributed by atoms with E-state index in [1.165, 1.54) is 10.7 Å². The summed E-state index contributed by atoms with van der Waals surface area (Å²) in [5.74, 6) is -0.925. The average Bonchev–Trinajstić information content (AvgIpc) is 3.23. The van der Waals surface area contributed by atoms with Crippen LogP contribution in [0.3, 0.4) is 0 Å². The van der Waals surface area contributed by atoms with E-state index in [9.17, 15) is 8.78 Å². The molecule has 0 bridgehead atoms. The van der Waals surface area contributed by atoms with E-state index in [0.717, 1.165) is 17.7 Å². The van der Waals surface area contributed by atoms with Crippen molar-refractivity contribution in [3.63, 3.8) is 0 Å². The van der Waals surface area contributed by atoms with E-state index < -0.39 is 11.6 Å². The summed E-state index contributed by atoms with van der Waals surface area (Å²) in [5.41, 5.74) is 1.57. The summed E-state index contributed by atoms with van der Waals surface area (Å²) in [5, 5.41) is 12.4. The molecule has 0 saturated heterocycles. The molecule has 0 N–H and O–H groups in total. The Hall–Kier alpha value is -3.13. The predicted molar refractivity (Wildman–Crippen MR) is 89.8 cm³/mol. The van der Waals surface area contributed by atoms with Crippen molar-refractivity contribution in [2.75, 3.05) is 0 Å². The third kappa shape index (κ3) is 2.84. The van der Waals surface area contributed by atoms with E-state index in [1.807, 2.05) is 0 Å². The number of aromatic nitrogens is 5. The molecule has 0 fully saturated rings. The zero-order valence-corrected chi connectivity index (χ0v) is 14.1. The number of hydrogen-bond donors (Lipinski definition) is 0. The van der Waals surface area contributed by atoms with Crippen molar-refractivity contribution < 1.29 is 13.3 Å². The Morgan fingerprint density at radius 2 is 1.85 bits per heavy atom. The number of rotatable bonds is 3. The second kappa shape index (κ2) is 6.30. The zero-order chi connectivity index (χ0) is 18.3. The summed E-state index contributed by atoms with van der Waals surface area (Å²) in [6.07, 6.45) is 0. The third-order valence-electron chi connectivity index (χ3n) is 3.76.